The lowest BCUT2D eigenvalue weighted by atomic mass is 9.85. The summed E-state index contributed by atoms with van der Waals surface area (Å²) < 4.78 is 0. The van der Waals surface area contributed by atoms with Crippen molar-refractivity contribution in [3.63, 3.8) is 0 Å². The highest BCUT2D eigenvalue weighted by atomic mass is 16.3. The lowest BCUT2D eigenvalue weighted by Crippen LogP contribution is -2.47. The maximum Gasteiger partial charge on any atom is 0.111 e. The average molecular weight is 257 g/mol. The SMILES string of the molecule is CC(C)CC1CCNC(C(N)=NCC(O)CO)C1. The molecule has 0 saturated carbocycles. The van der Waals surface area contributed by atoms with E-state index in [0.29, 0.717) is 17.7 Å². The minimum absolute atomic E-state index is 0.119. The van der Waals surface area contributed by atoms with Crippen molar-refractivity contribution in [1.82, 2.24) is 5.32 Å². The zero-order chi connectivity index (χ0) is 13.5. The predicted molar refractivity (Wildman–Crippen MR) is 73.6 cm³/mol. The average Bonchev–Trinajstić information content (AvgIpc) is 2.35. The van der Waals surface area contributed by atoms with Gasteiger partial charge in [0, 0.05) is 0 Å². The Kier molecular flexibility index (Phi) is 6.60. The van der Waals surface area contributed by atoms with Crippen LogP contribution >= 0.6 is 0 Å². The van der Waals surface area contributed by atoms with E-state index in [1.807, 2.05) is 0 Å². The molecule has 1 heterocycles. The van der Waals surface area contributed by atoms with Crippen molar-refractivity contribution in [3.05, 3.63) is 0 Å². The number of piperidine rings is 1. The van der Waals surface area contributed by atoms with Crippen molar-refractivity contribution in [3.8, 4) is 0 Å². The molecule has 0 aromatic carbocycles. The Morgan fingerprint density at radius 3 is 2.83 bits per heavy atom. The normalized spacial score (nSPS) is 27.5. The van der Waals surface area contributed by atoms with Crippen LogP contribution in [-0.2, 0) is 0 Å². The van der Waals surface area contributed by atoms with E-state index >= 15 is 0 Å². The molecule has 5 nitrogen and oxygen atoms in total. The van der Waals surface area contributed by atoms with E-state index in [9.17, 15) is 5.11 Å². The van der Waals surface area contributed by atoms with Gasteiger partial charge in [0.15, 0.2) is 0 Å². The molecule has 3 unspecified atom stereocenters. The number of aliphatic imine (C=N–C) groups is 1. The van der Waals surface area contributed by atoms with Gasteiger partial charge in [-0.2, -0.15) is 0 Å². The molecule has 0 aromatic rings. The van der Waals surface area contributed by atoms with Crippen LogP contribution in [-0.4, -0.2) is 47.9 Å². The maximum atomic E-state index is 9.24. The quantitative estimate of drug-likeness (QED) is 0.401. The van der Waals surface area contributed by atoms with E-state index in [2.05, 4.69) is 24.2 Å². The molecule has 0 bridgehead atoms. The zero-order valence-corrected chi connectivity index (χ0v) is 11.5. The molecule has 0 aromatic heterocycles. The summed E-state index contributed by atoms with van der Waals surface area (Å²) in [5.74, 6) is 1.96. The van der Waals surface area contributed by atoms with Gasteiger partial charge < -0.3 is 21.3 Å². The highest BCUT2D eigenvalue weighted by Crippen LogP contribution is 2.23. The van der Waals surface area contributed by atoms with Crippen LogP contribution in [0.4, 0.5) is 0 Å². The van der Waals surface area contributed by atoms with Gasteiger partial charge in [0.25, 0.3) is 0 Å². The van der Waals surface area contributed by atoms with Gasteiger partial charge in [-0.3, -0.25) is 4.99 Å². The summed E-state index contributed by atoms with van der Waals surface area (Å²) in [6, 6.07) is 0.119. The number of rotatable bonds is 6. The molecule has 1 saturated heterocycles. The fraction of sp³-hybridized carbons (Fsp3) is 0.923. The monoisotopic (exact) mass is 257 g/mol. The zero-order valence-electron chi connectivity index (χ0n) is 11.5. The molecule has 5 heteroatoms. The lowest BCUT2D eigenvalue weighted by Gasteiger charge is -2.31. The first kappa shape index (κ1) is 15.4. The fourth-order valence-corrected chi connectivity index (χ4v) is 2.48. The molecule has 0 aliphatic carbocycles. The standard InChI is InChI=1S/C13H27N3O2/c1-9(2)5-10-3-4-15-12(6-10)13(14)16-7-11(18)8-17/h9-12,15,17-18H,3-8H2,1-2H3,(H2,14,16). The number of hydrogen-bond acceptors (Lipinski definition) is 4. The van der Waals surface area contributed by atoms with Crippen molar-refractivity contribution in [2.45, 2.75) is 45.3 Å². The molecule has 3 atom stereocenters. The van der Waals surface area contributed by atoms with Gasteiger partial charge in [0.2, 0.25) is 0 Å². The summed E-state index contributed by atoms with van der Waals surface area (Å²) in [6.07, 6.45) is 2.63. The summed E-state index contributed by atoms with van der Waals surface area (Å²) in [5.41, 5.74) is 5.94. The molecule has 0 spiro atoms. The van der Waals surface area contributed by atoms with Crippen molar-refractivity contribution >= 4 is 5.84 Å². The lowest BCUT2D eigenvalue weighted by molar-refractivity contribution is 0.102. The Labute approximate surface area is 109 Å². The number of hydrogen-bond donors (Lipinski definition) is 4. The van der Waals surface area contributed by atoms with E-state index in [-0.39, 0.29) is 19.2 Å². The van der Waals surface area contributed by atoms with Crippen LogP contribution in [0.15, 0.2) is 4.99 Å². The molecule has 1 rings (SSSR count). The maximum absolute atomic E-state index is 9.24. The second kappa shape index (κ2) is 7.71. The Morgan fingerprint density at radius 1 is 1.50 bits per heavy atom. The number of amidine groups is 1. The Bertz CT molecular complexity index is 269. The third kappa shape index (κ3) is 5.33. The Hall–Kier alpha value is -0.650. The molecule has 106 valence electrons. The Morgan fingerprint density at radius 2 is 2.22 bits per heavy atom. The molecular formula is C13H27N3O2. The van der Waals surface area contributed by atoms with E-state index in [0.717, 1.165) is 13.0 Å². The van der Waals surface area contributed by atoms with Crippen LogP contribution in [0, 0.1) is 11.8 Å². The van der Waals surface area contributed by atoms with Crippen LogP contribution < -0.4 is 11.1 Å². The van der Waals surface area contributed by atoms with Crippen LogP contribution in [0.25, 0.3) is 0 Å². The van der Waals surface area contributed by atoms with Gasteiger partial charge in [0.05, 0.1) is 25.3 Å². The van der Waals surface area contributed by atoms with Crippen LogP contribution in [0.3, 0.4) is 0 Å². The summed E-state index contributed by atoms with van der Waals surface area (Å²) in [5, 5.41) is 21.3. The summed E-state index contributed by atoms with van der Waals surface area (Å²) in [7, 11) is 0. The van der Waals surface area contributed by atoms with Gasteiger partial charge in [-0.15, -0.1) is 0 Å². The van der Waals surface area contributed by atoms with Crippen molar-refractivity contribution in [2.24, 2.45) is 22.6 Å². The summed E-state index contributed by atoms with van der Waals surface area (Å²) in [4.78, 5) is 4.15. The highest BCUT2D eigenvalue weighted by molar-refractivity contribution is 5.85. The smallest absolute Gasteiger partial charge is 0.111 e. The largest absolute Gasteiger partial charge is 0.394 e. The summed E-state index contributed by atoms with van der Waals surface area (Å²) >= 11 is 0. The van der Waals surface area contributed by atoms with Gasteiger partial charge in [-0.05, 0) is 37.6 Å². The molecule has 1 aliphatic heterocycles. The minimum atomic E-state index is -0.807. The van der Waals surface area contributed by atoms with Crippen molar-refractivity contribution in [1.29, 1.82) is 0 Å². The van der Waals surface area contributed by atoms with Crippen molar-refractivity contribution in [2.75, 3.05) is 19.7 Å². The predicted octanol–water partition coefficient (Wildman–Crippen LogP) is 0.111. The van der Waals surface area contributed by atoms with E-state index < -0.39 is 6.10 Å². The van der Waals surface area contributed by atoms with Crippen LogP contribution in [0.5, 0.6) is 0 Å². The summed E-state index contributed by atoms with van der Waals surface area (Å²) in [6.45, 7) is 5.36. The van der Waals surface area contributed by atoms with Crippen molar-refractivity contribution < 1.29 is 10.2 Å². The number of aliphatic hydroxyl groups excluding tert-OH is 2. The number of nitrogens with two attached hydrogens (primary N) is 1. The van der Waals surface area contributed by atoms with Gasteiger partial charge in [-0.1, -0.05) is 13.8 Å². The first-order valence-electron chi connectivity index (χ1n) is 6.85. The van der Waals surface area contributed by atoms with E-state index in [4.69, 9.17) is 10.8 Å². The molecule has 18 heavy (non-hydrogen) atoms. The second-order valence-electron chi connectivity index (χ2n) is 5.63. The third-order valence-corrected chi connectivity index (χ3v) is 3.37. The van der Waals surface area contributed by atoms with Crippen LogP contribution in [0.1, 0.15) is 33.1 Å². The number of nitrogens with one attached hydrogen (secondary N) is 1. The van der Waals surface area contributed by atoms with Crippen LogP contribution in [0.2, 0.25) is 0 Å². The first-order valence-corrected chi connectivity index (χ1v) is 6.85. The molecule has 1 fully saturated rings. The molecule has 5 N–H and O–H groups in total. The van der Waals surface area contributed by atoms with Gasteiger partial charge >= 0.3 is 0 Å². The molecule has 0 radical (unpaired) electrons. The molecule has 1 aliphatic rings. The molecular weight excluding hydrogens is 230 g/mol. The minimum Gasteiger partial charge on any atom is -0.394 e. The number of aliphatic hydroxyl groups is 2. The fourth-order valence-electron chi connectivity index (χ4n) is 2.48. The Balaban J connectivity index is 2.44. The van der Waals surface area contributed by atoms with E-state index in [1.165, 1.54) is 12.8 Å². The topological polar surface area (TPSA) is 90.9 Å². The number of nitrogens with zero attached hydrogens (tertiary/aromatic N) is 1. The van der Waals surface area contributed by atoms with E-state index in [1.54, 1.807) is 0 Å². The molecule has 0 amide bonds. The van der Waals surface area contributed by atoms with Gasteiger partial charge in [-0.25, -0.2) is 0 Å². The second-order valence-corrected chi connectivity index (χ2v) is 5.63. The third-order valence-electron chi connectivity index (χ3n) is 3.37. The highest BCUT2D eigenvalue weighted by Gasteiger charge is 2.24. The van der Waals surface area contributed by atoms with Gasteiger partial charge in [0.1, 0.15) is 5.84 Å². The first-order chi connectivity index (χ1) is 8.52.